The number of amides is 2. The van der Waals surface area contributed by atoms with E-state index in [0.29, 0.717) is 23.1 Å². The molecule has 0 atom stereocenters. The molecule has 0 bridgehead atoms. The number of carbonyl (C=O) groups excluding carboxylic acids is 2. The lowest BCUT2D eigenvalue weighted by Gasteiger charge is -2.14. The first kappa shape index (κ1) is 21.1. The summed E-state index contributed by atoms with van der Waals surface area (Å²) in [7, 11) is 0. The first-order valence-corrected chi connectivity index (χ1v) is 10.3. The van der Waals surface area contributed by atoms with Crippen molar-refractivity contribution in [3.05, 3.63) is 112 Å². The average molecular weight is 425 g/mol. The van der Waals surface area contributed by atoms with E-state index in [1.54, 1.807) is 24.3 Å². The van der Waals surface area contributed by atoms with Gasteiger partial charge >= 0.3 is 0 Å². The standard InChI is InChI=1S/C26H23N3O3/c1-18-9-5-7-13-22(18)28-24(30)17-29-23-14-8-6-12-20(23)21(15-25(29)31)26(32)27-16-19-10-3-2-4-11-19/h2-15H,16-17H2,1H3,(H,27,32)(H,28,30). The summed E-state index contributed by atoms with van der Waals surface area (Å²) in [4.78, 5) is 38.4. The van der Waals surface area contributed by atoms with E-state index < -0.39 is 5.56 Å². The van der Waals surface area contributed by atoms with E-state index in [2.05, 4.69) is 10.6 Å². The molecule has 1 heterocycles. The molecule has 32 heavy (non-hydrogen) atoms. The molecule has 0 fully saturated rings. The van der Waals surface area contributed by atoms with Crippen LogP contribution in [0.5, 0.6) is 0 Å². The minimum atomic E-state index is -0.409. The second-order valence-electron chi connectivity index (χ2n) is 7.53. The van der Waals surface area contributed by atoms with Gasteiger partial charge in [-0.15, -0.1) is 0 Å². The quantitative estimate of drug-likeness (QED) is 0.492. The zero-order chi connectivity index (χ0) is 22.5. The van der Waals surface area contributed by atoms with E-state index >= 15 is 0 Å². The molecule has 0 aliphatic rings. The van der Waals surface area contributed by atoms with Crippen LogP contribution in [0.25, 0.3) is 10.9 Å². The molecular weight excluding hydrogens is 402 g/mol. The molecule has 0 spiro atoms. The minimum Gasteiger partial charge on any atom is -0.348 e. The van der Waals surface area contributed by atoms with E-state index in [9.17, 15) is 14.4 Å². The molecule has 4 rings (SSSR count). The lowest BCUT2D eigenvalue weighted by molar-refractivity contribution is -0.116. The first-order valence-electron chi connectivity index (χ1n) is 10.3. The fourth-order valence-electron chi connectivity index (χ4n) is 3.61. The van der Waals surface area contributed by atoms with Gasteiger partial charge in [0.25, 0.3) is 11.5 Å². The molecule has 0 saturated carbocycles. The highest BCUT2D eigenvalue weighted by atomic mass is 16.2. The summed E-state index contributed by atoms with van der Waals surface area (Å²) < 4.78 is 1.39. The third-order valence-electron chi connectivity index (χ3n) is 5.28. The molecule has 3 aromatic carbocycles. The highest BCUT2D eigenvalue weighted by Gasteiger charge is 2.16. The number of rotatable bonds is 6. The Hall–Kier alpha value is -4.19. The van der Waals surface area contributed by atoms with Gasteiger partial charge in [0.15, 0.2) is 0 Å². The van der Waals surface area contributed by atoms with Crippen molar-refractivity contribution in [2.75, 3.05) is 5.32 Å². The number of benzene rings is 3. The Labute approximate surface area is 185 Å². The molecule has 160 valence electrons. The fraction of sp³-hybridized carbons (Fsp3) is 0.115. The van der Waals surface area contributed by atoms with Gasteiger partial charge in [-0.05, 0) is 30.2 Å². The summed E-state index contributed by atoms with van der Waals surface area (Å²) in [6.07, 6.45) is 0. The number of aryl methyl sites for hydroxylation is 1. The van der Waals surface area contributed by atoms with Gasteiger partial charge in [-0.3, -0.25) is 19.0 Å². The van der Waals surface area contributed by atoms with Crippen LogP contribution < -0.4 is 16.2 Å². The van der Waals surface area contributed by atoms with Crippen molar-refractivity contribution in [2.45, 2.75) is 20.0 Å². The van der Waals surface area contributed by atoms with Crippen LogP contribution in [0.1, 0.15) is 21.5 Å². The maximum absolute atomic E-state index is 12.9. The van der Waals surface area contributed by atoms with Crippen LogP contribution >= 0.6 is 0 Å². The number of hydrogen-bond acceptors (Lipinski definition) is 3. The van der Waals surface area contributed by atoms with Crippen molar-refractivity contribution < 1.29 is 9.59 Å². The third-order valence-corrected chi connectivity index (χ3v) is 5.28. The topological polar surface area (TPSA) is 80.2 Å². The Morgan fingerprint density at radius 1 is 0.875 bits per heavy atom. The molecule has 0 aliphatic heterocycles. The predicted octanol–water partition coefficient (Wildman–Crippen LogP) is 3.88. The second-order valence-corrected chi connectivity index (χ2v) is 7.53. The second kappa shape index (κ2) is 9.31. The molecule has 1 aromatic heterocycles. The molecule has 2 amide bonds. The fourth-order valence-corrected chi connectivity index (χ4v) is 3.61. The van der Waals surface area contributed by atoms with Gasteiger partial charge in [0.2, 0.25) is 5.91 Å². The number of hydrogen-bond donors (Lipinski definition) is 2. The van der Waals surface area contributed by atoms with Gasteiger partial charge in [0.05, 0.1) is 11.1 Å². The Bertz CT molecular complexity index is 1340. The van der Waals surface area contributed by atoms with Crippen molar-refractivity contribution in [2.24, 2.45) is 0 Å². The van der Waals surface area contributed by atoms with E-state index in [4.69, 9.17) is 0 Å². The normalized spacial score (nSPS) is 10.7. The maximum Gasteiger partial charge on any atom is 0.252 e. The Morgan fingerprint density at radius 3 is 2.34 bits per heavy atom. The summed E-state index contributed by atoms with van der Waals surface area (Å²) in [5, 5.41) is 6.33. The highest BCUT2D eigenvalue weighted by molar-refractivity contribution is 6.06. The largest absolute Gasteiger partial charge is 0.348 e. The number of anilines is 1. The van der Waals surface area contributed by atoms with Crippen LogP contribution in [0.2, 0.25) is 0 Å². The van der Waals surface area contributed by atoms with Crippen molar-refractivity contribution in [1.29, 1.82) is 0 Å². The van der Waals surface area contributed by atoms with Crippen LogP contribution in [-0.2, 0) is 17.9 Å². The molecule has 4 aromatic rings. The highest BCUT2D eigenvalue weighted by Crippen LogP contribution is 2.18. The molecule has 0 radical (unpaired) electrons. The third kappa shape index (κ3) is 4.59. The predicted molar refractivity (Wildman–Crippen MR) is 126 cm³/mol. The van der Waals surface area contributed by atoms with Crippen molar-refractivity contribution in [3.63, 3.8) is 0 Å². The van der Waals surface area contributed by atoms with E-state index in [0.717, 1.165) is 11.1 Å². The van der Waals surface area contributed by atoms with Gasteiger partial charge in [-0.25, -0.2) is 0 Å². The van der Waals surface area contributed by atoms with E-state index in [-0.39, 0.29) is 23.9 Å². The lowest BCUT2D eigenvalue weighted by atomic mass is 10.1. The Kier molecular flexibility index (Phi) is 6.12. The summed E-state index contributed by atoms with van der Waals surface area (Å²) in [6, 6.07) is 25.4. The zero-order valence-electron chi connectivity index (χ0n) is 17.7. The van der Waals surface area contributed by atoms with Crippen molar-refractivity contribution in [1.82, 2.24) is 9.88 Å². The average Bonchev–Trinajstić information content (AvgIpc) is 2.81. The molecule has 6 heteroatoms. The molecular formula is C26H23N3O3. The summed E-state index contributed by atoms with van der Waals surface area (Å²) >= 11 is 0. The van der Waals surface area contributed by atoms with Crippen molar-refractivity contribution >= 4 is 28.4 Å². The number of aromatic nitrogens is 1. The zero-order valence-corrected chi connectivity index (χ0v) is 17.7. The number of pyridine rings is 1. The Morgan fingerprint density at radius 2 is 1.56 bits per heavy atom. The van der Waals surface area contributed by atoms with Gasteiger partial charge in [0, 0.05) is 23.7 Å². The van der Waals surface area contributed by atoms with Gasteiger partial charge in [-0.1, -0.05) is 66.7 Å². The van der Waals surface area contributed by atoms with Gasteiger partial charge in [0.1, 0.15) is 6.54 Å². The summed E-state index contributed by atoms with van der Waals surface area (Å²) in [5.74, 6) is -0.647. The van der Waals surface area contributed by atoms with Crippen LogP contribution in [-0.4, -0.2) is 16.4 Å². The number of carbonyl (C=O) groups is 2. The smallest absolute Gasteiger partial charge is 0.252 e. The van der Waals surface area contributed by atoms with Crippen LogP contribution in [0.15, 0.2) is 89.7 Å². The molecule has 2 N–H and O–H groups in total. The molecule has 0 saturated heterocycles. The number of fused-ring (bicyclic) bond motifs is 1. The number of para-hydroxylation sites is 2. The minimum absolute atomic E-state index is 0.153. The van der Waals surface area contributed by atoms with E-state index in [1.807, 2.05) is 61.5 Å². The van der Waals surface area contributed by atoms with Gasteiger partial charge in [-0.2, -0.15) is 0 Å². The lowest BCUT2D eigenvalue weighted by Crippen LogP contribution is -2.30. The maximum atomic E-state index is 12.9. The SMILES string of the molecule is Cc1ccccc1NC(=O)Cn1c(=O)cc(C(=O)NCc2ccccc2)c2ccccc21. The van der Waals surface area contributed by atoms with Crippen LogP contribution in [0.3, 0.4) is 0 Å². The van der Waals surface area contributed by atoms with Crippen molar-refractivity contribution in [3.8, 4) is 0 Å². The van der Waals surface area contributed by atoms with E-state index in [1.165, 1.54) is 10.6 Å². The number of nitrogens with zero attached hydrogens (tertiary/aromatic N) is 1. The first-order chi connectivity index (χ1) is 15.5. The molecule has 0 unspecified atom stereocenters. The molecule has 0 aliphatic carbocycles. The van der Waals surface area contributed by atoms with Crippen LogP contribution in [0.4, 0.5) is 5.69 Å². The summed E-state index contributed by atoms with van der Waals surface area (Å²) in [6.45, 7) is 2.11. The molecule has 6 nitrogen and oxygen atoms in total. The number of nitrogens with one attached hydrogen (secondary N) is 2. The Balaban J connectivity index is 1.61. The van der Waals surface area contributed by atoms with Gasteiger partial charge < -0.3 is 10.6 Å². The van der Waals surface area contributed by atoms with Crippen LogP contribution in [0, 0.1) is 6.92 Å². The summed E-state index contributed by atoms with van der Waals surface area (Å²) in [5.41, 5.74) is 3.01. The monoisotopic (exact) mass is 425 g/mol.